The fourth-order valence-electron chi connectivity index (χ4n) is 2.71. The molecule has 1 atom stereocenters. The number of para-hydroxylation sites is 1. The molecule has 0 bridgehead atoms. The van der Waals surface area contributed by atoms with Gasteiger partial charge in [0, 0.05) is 19.2 Å². The Morgan fingerprint density at radius 2 is 1.95 bits per heavy atom. The predicted octanol–water partition coefficient (Wildman–Crippen LogP) is 1.53. The summed E-state index contributed by atoms with van der Waals surface area (Å²) in [5.41, 5.74) is 0.489. The highest BCUT2D eigenvalue weighted by Gasteiger charge is 2.26. The number of aromatic nitrogens is 2. The van der Waals surface area contributed by atoms with Crippen molar-refractivity contribution in [3.63, 3.8) is 0 Å². The molecule has 1 unspecified atom stereocenters. The number of nitrogens with zero attached hydrogens (tertiary/aromatic N) is 3. The van der Waals surface area contributed by atoms with E-state index < -0.39 is 5.97 Å². The molecule has 1 aliphatic heterocycles. The molecule has 1 aromatic heterocycles. The van der Waals surface area contributed by atoms with Crippen LogP contribution in [-0.2, 0) is 4.79 Å². The van der Waals surface area contributed by atoms with E-state index in [4.69, 9.17) is 0 Å². The highest BCUT2D eigenvalue weighted by molar-refractivity contribution is 5.71. The number of hydrogen-bond acceptors (Lipinski definition) is 4. The third-order valence-corrected chi connectivity index (χ3v) is 3.88. The fraction of sp³-hybridized carbons (Fsp3) is 0.312. The molecule has 2 aromatic rings. The Bertz CT molecular complexity index is 727. The molecule has 1 aliphatic rings. The zero-order valence-corrected chi connectivity index (χ0v) is 12.1. The maximum absolute atomic E-state index is 12.0. The summed E-state index contributed by atoms with van der Waals surface area (Å²) in [7, 11) is 0. The molecule has 1 fully saturated rings. The average Bonchev–Trinajstić information content (AvgIpc) is 2.56. The fourth-order valence-corrected chi connectivity index (χ4v) is 2.71. The highest BCUT2D eigenvalue weighted by atomic mass is 16.4. The lowest BCUT2D eigenvalue weighted by Gasteiger charge is -2.31. The van der Waals surface area contributed by atoms with Gasteiger partial charge in [-0.05, 0) is 31.0 Å². The van der Waals surface area contributed by atoms with Crippen molar-refractivity contribution in [2.45, 2.75) is 12.8 Å². The van der Waals surface area contributed by atoms with Crippen molar-refractivity contribution < 1.29 is 9.90 Å². The summed E-state index contributed by atoms with van der Waals surface area (Å²) in [5.74, 6) is -0.525. The molecule has 6 heteroatoms. The molecule has 0 radical (unpaired) electrons. The lowest BCUT2D eigenvalue weighted by molar-refractivity contribution is -0.141. The average molecular weight is 299 g/mol. The summed E-state index contributed by atoms with van der Waals surface area (Å²) in [5, 5.41) is 13.6. The Labute approximate surface area is 127 Å². The number of carboxylic acids is 1. The Balaban J connectivity index is 1.92. The van der Waals surface area contributed by atoms with Crippen molar-refractivity contribution in [2.24, 2.45) is 5.92 Å². The Morgan fingerprint density at radius 1 is 1.18 bits per heavy atom. The van der Waals surface area contributed by atoms with E-state index in [1.165, 1.54) is 10.7 Å². The van der Waals surface area contributed by atoms with Gasteiger partial charge in [0.2, 0.25) is 0 Å². The molecule has 0 amide bonds. The predicted molar refractivity (Wildman–Crippen MR) is 82.4 cm³/mol. The molecule has 22 heavy (non-hydrogen) atoms. The van der Waals surface area contributed by atoms with E-state index in [0.29, 0.717) is 24.5 Å². The normalized spacial score (nSPS) is 18.2. The molecular weight excluding hydrogens is 282 g/mol. The van der Waals surface area contributed by atoms with Crippen molar-refractivity contribution in [1.29, 1.82) is 0 Å². The summed E-state index contributed by atoms with van der Waals surface area (Å²) in [4.78, 5) is 25.1. The Kier molecular flexibility index (Phi) is 3.91. The zero-order valence-electron chi connectivity index (χ0n) is 12.1. The van der Waals surface area contributed by atoms with Crippen LogP contribution in [0, 0.1) is 5.92 Å². The van der Waals surface area contributed by atoms with Crippen LogP contribution in [0.3, 0.4) is 0 Å². The number of rotatable bonds is 3. The van der Waals surface area contributed by atoms with E-state index in [9.17, 15) is 14.7 Å². The van der Waals surface area contributed by atoms with Gasteiger partial charge in [0.15, 0.2) is 0 Å². The van der Waals surface area contributed by atoms with Crippen LogP contribution in [0.15, 0.2) is 47.3 Å². The van der Waals surface area contributed by atoms with Crippen LogP contribution in [0.2, 0.25) is 0 Å². The molecule has 3 rings (SSSR count). The van der Waals surface area contributed by atoms with Gasteiger partial charge in [0.1, 0.15) is 5.82 Å². The lowest BCUT2D eigenvalue weighted by atomic mass is 9.98. The van der Waals surface area contributed by atoms with Crippen LogP contribution < -0.4 is 10.5 Å². The molecule has 1 saturated heterocycles. The molecule has 0 aliphatic carbocycles. The van der Waals surface area contributed by atoms with Crippen LogP contribution >= 0.6 is 0 Å². The quantitative estimate of drug-likeness (QED) is 0.930. The monoisotopic (exact) mass is 299 g/mol. The standard InChI is InChI=1S/C16H17N3O3/c20-15-9-8-14(17-19(15)13-6-2-1-3-7-13)18-10-4-5-12(11-18)16(21)22/h1-3,6-9,12H,4-5,10-11H2,(H,21,22). The zero-order chi connectivity index (χ0) is 15.5. The van der Waals surface area contributed by atoms with Crippen LogP contribution in [-0.4, -0.2) is 33.9 Å². The van der Waals surface area contributed by atoms with Gasteiger partial charge >= 0.3 is 5.97 Å². The molecule has 0 saturated carbocycles. The molecule has 0 spiro atoms. The largest absolute Gasteiger partial charge is 0.481 e. The van der Waals surface area contributed by atoms with Gasteiger partial charge < -0.3 is 10.0 Å². The number of anilines is 1. The summed E-state index contributed by atoms with van der Waals surface area (Å²) in [6.07, 6.45) is 1.49. The van der Waals surface area contributed by atoms with E-state index in [1.54, 1.807) is 6.07 Å². The van der Waals surface area contributed by atoms with Crippen LogP contribution in [0.1, 0.15) is 12.8 Å². The van der Waals surface area contributed by atoms with E-state index in [2.05, 4.69) is 5.10 Å². The van der Waals surface area contributed by atoms with Gasteiger partial charge in [0.25, 0.3) is 5.56 Å². The summed E-state index contributed by atoms with van der Waals surface area (Å²) in [6, 6.07) is 12.3. The summed E-state index contributed by atoms with van der Waals surface area (Å²) >= 11 is 0. The van der Waals surface area contributed by atoms with Crippen LogP contribution in [0.5, 0.6) is 0 Å². The third kappa shape index (κ3) is 2.86. The minimum Gasteiger partial charge on any atom is -0.481 e. The van der Waals surface area contributed by atoms with E-state index in [1.807, 2.05) is 35.2 Å². The number of carbonyl (C=O) groups is 1. The van der Waals surface area contributed by atoms with E-state index in [0.717, 1.165) is 13.0 Å². The molecule has 2 heterocycles. The summed E-state index contributed by atoms with van der Waals surface area (Å²) in [6.45, 7) is 1.18. The van der Waals surface area contributed by atoms with Gasteiger partial charge in [0.05, 0.1) is 11.6 Å². The number of aliphatic carboxylic acids is 1. The number of benzene rings is 1. The van der Waals surface area contributed by atoms with Gasteiger partial charge in [-0.25, -0.2) is 0 Å². The van der Waals surface area contributed by atoms with Gasteiger partial charge in [-0.2, -0.15) is 4.68 Å². The van der Waals surface area contributed by atoms with E-state index in [-0.39, 0.29) is 11.5 Å². The Morgan fingerprint density at radius 3 is 2.68 bits per heavy atom. The van der Waals surface area contributed by atoms with Crippen molar-refractivity contribution >= 4 is 11.8 Å². The number of piperidine rings is 1. The second-order valence-corrected chi connectivity index (χ2v) is 5.40. The molecular formula is C16H17N3O3. The third-order valence-electron chi connectivity index (χ3n) is 3.88. The smallest absolute Gasteiger partial charge is 0.308 e. The van der Waals surface area contributed by atoms with Crippen molar-refractivity contribution in [1.82, 2.24) is 9.78 Å². The first-order valence-corrected chi connectivity index (χ1v) is 7.29. The maximum Gasteiger partial charge on any atom is 0.308 e. The SMILES string of the molecule is O=C(O)C1CCCN(c2ccc(=O)n(-c3ccccc3)n2)C1. The number of hydrogen-bond donors (Lipinski definition) is 1. The second kappa shape index (κ2) is 6.01. The minimum atomic E-state index is -0.777. The number of carboxylic acid groups (broad SMARTS) is 1. The minimum absolute atomic E-state index is 0.207. The van der Waals surface area contributed by atoms with Gasteiger partial charge in [-0.3, -0.25) is 9.59 Å². The van der Waals surface area contributed by atoms with Gasteiger partial charge in [-0.1, -0.05) is 18.2 Å². The molecule has 6 nitrogen and oxygen atoms in total. The maximum atomic E-state index is 12.0. The van der Waals surface area contributed by atoms with E-state index >= 15 is 0 Å². The molecule has 1 aromatic carbocycles. The molecule has 1 N–H and O–H groups in total. The van der Waals surface area contributed by atoms with Crippen molar-refractivity contribution in [3.05, 3.63) is 52.8 Å². The second-order valence-electron chi connectivity index (χ2n) is 5.40. The van der Waals surface area contributed by atoms with Gasteiger partial charge in [-0.15, -0.1) is 5.10 Å². The first kappa shape index (κ1) is 14.3. The first-order valence-electron chi connectivity index (χ1n) is 7.29. The van der Waals surface area contributed by atoms with Crippen molar-refractivity contribution in [3.8, 4) is 5.69 Å². The lowest BCUT2D eigenvalue weighted by Crippen LogP contribution is -2.40. The topological polar surface area (TPSA) is 75.4 Å². The molecule has 114 valence electrons. The Hall–Kier alpha value is -2.63. The summed E-state index contributed by atoms with van der Waals surface area (Å²) < 4.78 is 1.35. The van der Waals surface area contributed by atoms with Crippen molar-refractivity contribution in [2.75, 3.05) is 18.0 Å². The highest BCUT2D eigenvalue weighted by Crippen LogP contribution is 2.21. The van der Waals surface area contributed by atoms with Crippen LogP contribution in [0.4, 0.5) is 5.82 Å². The first-order chi connectivity index (χ1) is 10.6. The van der Waals surface area contributed by atoms with Crippen LogP contribution in [0.25, 0.3) is 5.69 Å².